The number of aryl methyl sites for hydroxylation is 1. The minimum atomic E-state index is -0.273. The Morgan fingerprint density at radius 3 is 2.71 bits per heavy atom. The number of amides is 1. The van der Waals surface area contributed by atoms with Crippen LogP contribution >= 0.6 is 0 Å². The van der Waals surface area contributed by atoms with Crippen LogP contribution in [0.4, 0.5) is 0 Å². The van der Waals surface area contributed by atoms with Crippen LogP contribution in [-0.2, 0) is 0 Å². The standard InChI is InChI=1S/C16H17N5O3/c1-9-17-14(24-20-9)10-4-6-21(7-5-10)15(22)11-2-3-12-13(8-11)19-16(23)18-12/h2-3,8,10H,4-7H2,1H3,(H2,18,19,23). The molecule has 0 spiro atoms. The smallest absolute Gasteiger partial charge is 0.323 e. The fourth-order valence-electron chi connectivity index (χ4n) is 3.16. The maximum atomic E-state index is 12.7. The third-order valence-electron chi connectivity index (χ3n) is 4.44. The molecule has 3 heterocycles. The number of H-pyrrole nitrogens is 2. The summed E-state index contributed by atoms with van der Waals surface area (Å²) in [6.07, 6.45) is 1.60. The van der Waals surface area contributed by atoms with Crippen LogP contribution in [0.1, 0.15) is 40.8 Å². The molecule has 124 valence electrons. The number of carbonyl (C=O) groups excluding carboxylic acids is 1. The number of fused-ring (bicyclic) bond motifs is 1. The van der Waals surface area contributed by atoms with E-state index in [0.29, 0.717) is 41.4 Å². The molecule has 0 unspecified atom stereocenters. The Hall–Kier alpha value is -2.90. The molecule has 0 aliphatic carbocycles. The van der Waals surface area contributed by atoms with E-state index in [1.807, 2.05) is 4.90 Å². The van der Waals surface area contributed by atoms with Crippen molar-refractivity contribution in [2.24, 2.45) is 0 Å². The van der Waals surface area contributed by atoms with E-state index in [0.717, 1.165) is 12.8 Å². The van der Waals surface area contributed by atoms with Crippen LogP contribution < -0.4 is 5.69 Å². The molecule has 1 fully saturated rings. The molecule has 2 aromatic heterocycles. The van der Waals surface area contributed by atoms with Crippen LogP contribution in [0.25, 0.3) is 11.0 Å². The van der Waals surface area contributed by atoms with E-state index in [2.05, 4.69) is 20.1 Å². The van der Waals surface area contributed by atoms with Crippen molar-refractivity contribution in [1.29, 1.82) is 0 Å². The first-order valence-corrected chi connectivity index (χ1v) is 7.92. The van der Waals surface area contributed by atoms with Gasteiger partial charge in [0.1, 0.15) is 0 Å². The van der Waals surface area contributed by atoms with Crippen LogP contribution in [0.2, 0.25) is 0 Å². The normalized spacial score (nSPS) is 16.0. The zero-order chi connectivity index (χ0) is 16.7. The van der Waals surface area contributed by atoms with Gasteiger partial charge in [-0.1, -0.05) is 5.16 Å². The molecule has 0 bridgehead atoms. The second-order valence-corrected chi connectivity index (χ2v) is 6.09. The van der Waals surface area contributed by atoms with E-state index in [1.165, 1.54) is 0 Å². The Balaban J connectivity index is 1.47. The average molecular weight is 327 g/mol. The highest BCUT2D eigenvalue weighted by molar-refractivity contribution is 5.97. The van der Waals surface area contributed by atoms with Gasteiger partial charge in [-0.05, 0) is 38.0 Å². The van der Waals surface area contributed by atoms with Crippen LogP contribution in [0.5, 0.6) is 0 Å². The van der Waals surface area contributed by atoms with E-state index < -0.39 is 0 Å². The van der Waals surface area contributed by atoms with Gasteiger partial charge in [-0.15, -0.1) is 0 Å². The zero-order valence-electron chi connectivity index (χ0n) is 13.2. The lowest BCUT2D eigenvalue weighted by Gasteiger charge is -2.30. The van der Waals surface area contributed by atoms with Crippen molar-refractivity contribution in [1.82, 2.24) is 25.0 Å². The first-order valence-electron chi connectivity index (χ1n) is 7.92. The topological polar surface area (TPSA) is 108 Å². The summed E-state index contributed by atoms with van der Waals surface area (Å²) in [6, 6.07) is 5.19. The molecule has 1 aliphatic rings. The Bertz CT molecular complexity index is 946. The zero-order valence-corrected chi connectivity index (χ0v) is 13.2. The molecule has 2 N–H and O–H groups in total. The van der Waals surface area contributed by atoms with Crippen molar-refractivity contribution in [3.8, 4) is 0 Å². The fourth-order valence-corrected chi connectivity index (χ4v) is 3.16. The van der Waals surface area contributed by atoms with Gasteiger partial charge in [0.2, 0.25) is 5.89 Å². The third kappa shape index (κ3) is 2.60. The Morgan fingerprint density at radius 1 is 1.25 bits per heavy atom. The molecule has 8 heteroatoms. The first kappa shape index (κ1) is 14.7. The number of carbonyl (C=O) groups is 1. The van der Waals surface area contributed by atoms with E-state index >= 15 is 0 Å². The predicted molar refractivity (Wildman–Crippen MR) is 85.8 cm³/mol. The van der Waals surface area contributed by atoms with Crippen molar-refractivity contribution in [3.05, 3.63) is 46.0 Å². The van der Waals surface area contributed by atoms with Gasteiger partial charge in [0.05, 0.1) is 11.0 Å². The maximum absolute atomic E-state index is 12.7. The molecule has 4 rings (SSSR count). The number of aromatic amines is 2. The van der Waals surface area contributed by atoms with Gasteiger partial charge in [-0.2, -0.15) is 4.98 Å². The number of benzene rings is 1. The molecule has 0 saturated carbocycles. The van der Waals surface area contributed by atoms with E-state index in [4.69, 9.17) is 4.52 Å². The van der Waals surface area contributed by atoms with Gasteiger partial charge in [-0.25, -0.2) is 4.79 Å². The highest BCUT2D eigenvalue weighted by Crippen LogP contribution is 2.27. The molecule has 1 aliphatic heterocycles. The molecule has 3 aromatic rings. The van der Waals surface area contributed by atoms with Crippen LogP contribution in [-0.4, -0.2) is 44.0 Å². The average Bonchev–Trinajstić information content (AvgIpc) is 3.18. The lowest BCUT2D eigenvalue weighted by atomic mass is 9.96. The predicted octanol–water partition coefficient (Wildman–Crippen LogP) is 1.57. The number of nitrogens with zero attached hydrogens (tertiary/aromatic N) is 3. The summed E-state index contributed by atoms with van der Waals surface area (Å²) in [6.45, 7) is 3.09. The van der Waals surface area contributed by atoms with Gasteiger partial charge in [0.25, 0.3) is 5.91 Å². The molecule has 24 heavy (non-hydrogen) atoms. The SMILES string of the molecule is Cc1noc(C2CCN(C(=O)c3ccc4[nH]c(=O)[nH]c4c3)CC2)n1. The summed E-state index contributed by atoms with van der Waals surface area (Å²) >= 11 is 0. The Kier molecular flexibility index (Phi) is 3.44. The van der Waals surface area contributed by atoms with Gasteiger partial charge in [0, 0.05) is 24.6 Å². The molecule has 1 saturated heterocycles. The maximum Gasteiger partial charge on any atom is 0.323 e. The van der Waals surface area contributed by atoms with E-state index in [9.17, 15) is 9.59 Å². The quantitative estimate of drug-likeness (QED) is 0.743. The monoisotopic (exact) mass is 327 g/mol. The van der Waals surface area contributed by atoms with Gasteiger partial charge in [0.15, 0.2) is 5.82 Å². The largest absolute Gasteiger partial charge is 0.339 e. The third-order valence-corrected chi connectivity index (χ3v) is 4.44. The number of hydrogen-bond acceptors (Lipinski definition) is 5. The fraction of sp³-hybridized carbons (Fsp3) is 0.375. The number of aromatic nitrogens is 4. The second kappa shape index (κ2) is 5.63. The van der Waals surface area contributed by atoms with Crippen molar-refractivity contribution >= 4 is 16.9 Å². The minimum absolute atomic E-state index is 0.0286. The van der Waals surface area contributed by atoms with E-state index in [-0.39, 0.29) is 17.5 Å². The number of nitrogens with one attached hydrogen (secondary N) is 2. The van der Waals surface area contributed by atoms with Gasteiger partial charge < -0.3 is 19.4 Å². The van der Waals surface area contributed by atoms with Crippen molar-refractivity contribution in [2.45, 2.75) is 25.7 Å². The highest BCUT2D eigenvalue weighted by Gasteiger charge is 2.27. The molecule has 0 radical (unpaired) electrons. The van der Waals surface area contributed by atoms with Crippen LogP contribution in [0.15, 0.2) is 27.5 Å². The number of likely N-dealkylation sites (tertiary alicyclic amines) is 1. The Labute approximate surface area is 136 Å². The molecular formula is C16H17N5O3. The second-order valence-electron chi connectivity index (χ2n) is 6.09. The van der Waals surface area contributed by atoms with Crippen molar-refractivity contribution < 1.29 is 9.32 Å². The minimum Gasteiger partial charge on any atom is -0.339 e. The van der Waals surface area contributed by atoms with Crippen molar-refractivity contribution in [2.75, 3.05) is 13.1 Å². The van der Waals surface area contributed by atoms with Gasteiger partial charge >= 0.3 is 5.69 Å². The summed E-state index contributed by atoms with van der Waals surface area (Å²) in [5.74, 6) is 1.47. The summed E-state index contributed by atoms with van der Waals surface area (Å²) in [4.78, 5) is 35.4. The number of hydrogen-bond donors (Lipinski definition) is 2. The highest BCUT2D eigenvalue weighted by atomic mass is 16.5. The molecular weight excluding hydrogens is 310 g/mol. The number of imidazole rings is 1. The summed E-state index contributed by atoms with van der Waals surface area (Å²) in [7, 11) is 0. The number of piperidine rings is 1. The van der Waals surface area contributed by atoms with Crippen molar-refractivity contribution in [3.63, 3.8) is 0 Å². The molecule has 1 aromatic carbocycles. The van der Waals surface area contributed by atoms with Crippen LogP contribution in [0, 0.1) is 6.92 Å². The van der Waals surface area contributed by atoms with Crippen LogP contribution in [0.3, 0.4) is 0 Å². The summed E-state index contributed by atoms with van der Waals surface area (Å²) in [5, 5.41) is 3.83. The molecule has 8 nitrogen and oxygen atoms in total. The number of rotatable bonds is 2. The Morgan fingerprint density at radius 2 is 2.00 bits per heavy atom. The first-order chi connectivity index (χ1) is 11.6. The molecule has 0 atom stereocenters. The lowest BCUT2D eigenvalue weighted by molar-refractivity contribution is 0.0704. The molecule has 1 amide bonds. The van der Waals surface area contributed by atoms with E-state index in [1.54, 1.807) is 25.1 Å². The lowest BCUT2D eigenvalue weighted by Crippen LogP contribution is -2.38. The van der Waals surface area contributed by atoms with Gasteiger partial charge in [-0.3, -0.25) is 4.79 Å². The summed E-state index contributed by atoms with van der Waals surface area (Å²) < 4.78 is 5.23. The summed E-state index contributed by atoms with van der Waals surface area (Å²) in [5.41, 5.74) is 1.64.